The highest BCUT2D eigenvalue weighted by Crippen LogP contribution is 2.27. The molecule has 9 heteroatoms. The summed E-state index contributed by atoms with van der Waals surface area (Å²) in [7, 11) is 0. The van der Waals surface area contributed by atoms with Gasteiger partial charge in [0.15, 0.2) is 17.5 Å². The lowest BCUT2D eigenvalue weighted by Gasteiger charge is -2.33. The molecule has 1 aliphatic rings. The van der Waals surface area contributed by atoms with Gasteiger partial charge in [0.2, 0.25) is 0 Å². The third kappa shape index (κ3) is 3.75. The largest absolute Gasteiger partial charge is 0.444 e. The van der Waals surface area contributed by atoms with Crippen LogP contribution in [-0.4, -0.2) is 45.4 Å². The van der Waals surface area contributed by atoms with Gasteiger partial charge < -0.3 is 20.7 Å². The lowest BCUT2D eigenvalue weighted by molar-refractivity contribution is 0.0497. The van der Waals surface area contributed by atoms with Crippen molar-refractivity contribution < 1.29 is 13.9 Å². The van der Waals surface area contributed by atoms with Crippen molar-refractivity contribution in [2.45, 2.75) is 45.3 Å². The minimum Gasteiger partial charge on any atom is -0.444 e. The van der Waals surface area contributed by atoms with Gasteiger partial charge in [-0.15, -0.1) is 0 Å². The standard InChI is InChI=1S/C16H23FN6O2/c1-16(2,3)25-15(24)21-10-4-6-22(7-5-10)14-11(17)8-12-13(18)19-9-20-23(12)14/h8-10H,4-7H2,1-3H3,(H,21,24)(H2,18,19,20). The summed E-state index contributed by atoms with van der Waals surface area (Å²) in [5.41, 5.74) is 5.70. The number of piperidine rings is 1. The van der Waals surface area contributed by atoms with E-state index >= 15 is 0 Å². The average molecular weight is 350 g/mol. The van der Waals surface area contributed by atoms with E-state index in [2.05, 4.69) is 15.4 Å². The summed E-state index contributed by atoms with van der Waals surface area (Å²) in [4.78, 5) is 17.6. The molecule has 1 aliphatic heterocycles. The second kappa shape index (κ2) is 6.38. The first-order valence-electron chi connectivity index (χ1n) is 8.27. The minimum absolute atomic E-state index is 0.0000768. The van der Waals surface area contributed by atoms with E-state index < -0.39 is 11.7 Å². The number of carbonyl (C=O) groups excluding carboxylic acids is 1. The Morgan fingerprint density at radius 2 is 2.08 bits per heavy atom. The minimum atomic E-state index is -0.529. The number of amides is 1. The number of hydrogen-bond acceptors (Lipinski definition) is 6. The van der Waals surface area contributed by atoms with Crippen LogP contribution in [0.25, 0.3) is 5.52 Å². The first kappa shape index (κ1) is 17.2. The highest BCUT2D eigenvalue weighted by Gasteiger charge is 2.27. The van der Waals surface area contributed by atoms with Crippen LogP contribution in [0.4, 0.5) is 20.8 Å². The molecule has 0 spiro atoms. The van der Waals surface area contributed by atoms with Gasteiger partial charge in [0.05, 0.1) is 0 Å². The van der Waals surface area contributed by atoms with Gasteiger partial charge in [-0.25, -0.2) is 18.7 Å². The van der Waals surface area contributed by atoms with E-state index in [1.54, 1.807) is 0 Å². The molecule has 1 fully saturated rings. The number of anilines is 2. The fourth-order valence-corrected chi connectivity index (χ4v) is 2.96. The zero-order valence-corrected chi connectivity index (χ0v) is 14.6. The van der Waals surface area contributed by atoms with Gasteiger partial charge in [-0.3, -0.25) is 0 Å². The lowest BCUT2D eigenvalue weighted by atomic mass is 10.1. The molecule has 2 aromatic rings. The van der Waals surface area contributed by atoms with Crippen LogP contribution in [0.3, 0.4) is 0 Å². The molecule has 1 saturated heterocycles. The number of fused-ring (bicyclic) bond motifs is 1. The topological polar surface area (TPSA) is 97.8 Å². The molecule has 3 heterocycles. The number of aromatic nitrogens is 3. The summed E-state index contributed by atoms with van der Waals surface area (Å²) in [6.45, 7) is 6.65. The predicted molar refractivity (Wildman–Crippen MR) is 92.0 cm³/mol. The molecular formula is C16H23FN6O2. The summed E-state index contributed by atoms with van der Waals surface area (Å²) in [6.07, 6.45) is 2.26. The molecule has 136 valence electrons. The SMILES string of the molecule is CC(C)(C)OC(=O)NC1CCN(c2c(F)cc3c(N)ncnn23)CC1. The maximum atomic E-state index is 14.4. The van der Waals surface area contributed by atoms with Crippen LogP contribution in [0.5, 0.6) is 0 Å². The van der Waals surface area contributed by atoms with E-state index in [1.165, 1.54) is 16.9 Å². The van der Waals surface area contributed by atoms with Crippen LogP contribution < -0.4 is 16.0 Å². The maximum Gasteiger partial charge on any atom is 0.407 e. The van der Waals surface area contributed by atoms with Crippen molar-refractivity contribution in [3.05, 3.63) is 18.2 Å². The first-order valence-corrected chi connectivity index (χ1v) is 8.27. The molecule has 0 radical (unpaired) electrons. The molecule has 0 aromatic carbocycles. The Balaban J connectivity index is 1.66. The first-order chi connectivity index (χ1) is 11.7. The molecule has 0 unspecified atom stereocenters. The zero-order chi connectivity index (χ0) is 18.2. The summed E-state index contributed by atoms with van der Waals surface area (Å²) in [6, 6.07) is 1.34. The van der Waals surface area contributed by atoms with Gasteiger partial charge >= 0.3 is 6.09 Å². The number of nitrogen functional groups attached to an aromatic ring is 1. The molecule has 2 aromatic heterocycles. The Labute approximate surface area is 145 Å². The molecule has 8 nitrogen and oxygen atoms in total. The normalized spacial score (nSPS) is 16.2. The van der Waals surface area contributed by atoms with Crippen molar-refractivity contribution >= 4 is 23.2 Å². The number of nitrogens with zero attached hydrogens (tertiary/aromatic N) is 4. The van der Waals surface area contributed by atoms with Crippen molar-refractivity contribution in [2.24, 2.45) is 0 Å². The molecule has 3 rings (SSSR count). The number of ether oxygens (including phenoxy) is 1. The van der Waals surface area contributed by atoms with Gasteiger partial charge in [0, 0.05) is 25.2 Å². The summed E-state index contributed by atoms with van der Waals surface area (Å²) in [5, 5.41) is 6.97. The number of rotatable bonds is 2. The molecule has 3 N–H and O–H groups in total. The van der Waals surface area contributed by atoms with E-state index in [-0.39, 0.29) is 17.7 Å². The zero-order valence-electron chi connectivity index (χ0n) is 14.6. The monoisotopic (exact) mass is 350 g/mol. The van der Waals surface area contributed by atoms with Gasteiger partial charge in [-0.1, -0.05) is 0 Å². The summed E-state index contributed by atoms with van der Waals surface area (Å²) < 4.78 is 21.1. The Kier molecular flexibility index (Phi) is 4.40. The smallest absolute Gasteiger partial charge is 0.407 e. The molecule has 0 atom stereocenters. The third-order valence-corrected chi connectivity index (χ3v) is 4.05. The highest BCUT2D eigenvalue weighted by atomic mass is 19.1. The van der Waals surface area contributed by atoms with Crippen molar-refractivity contribution in [1.82, 2.24) is 19.9 Å². The lowest BCUT2D eigenvalue weighted by Crippen LogP contribution is -2.46. The summed E-state index contributed by atoms with van der Waals surface area (Å²) >= 11 is 0. The van der Waals surface area contributed by atoms with Crippen LogP contribution >= 0.6 is 0 Å². The molecule has 0 bridgehead atoms. The van der Waals surface area contributed by atoms with Crippen molar-refractivity contribution in [3.63, 3.8) is 0 Å². The van der Waals surface area contributed by atoms with Crippen LogP contribution in [-0.2, 0) is 4.74 Å². The Bertz CT molecular complexity index is 777. The van der Waals surface area contributed by atoms with Crippen LogP contribution in [0.2, 0.25) is 0 Å². The van der Waals surface area contributed by atoms with E-state index in [0.717, 1.165) is 0 Å². The number of nitrogens with two attached hydrogens (primary N) is 1. The number of halogens is 1. The average Bonchev–Trinajstić information content (AvgIpc) is 2.84. The second-order valence-corrected chi connectivity index (χ2v) is 7.17. The number of alkyl carbamates (subject to hydrolysis) is 1. The van der Waals surface area contributed by atoms with Gasteiger partial charge in [0.25, 0.3) is 0 Å². The van der Waals surface area contributed by atoms with Crippen LogP contribution in [0.15, 0.2) is 12.4 Å². The quantitative estimate of drug-likeness (QED) is 0.859. The third-order valence-electron chi connectivity index (χ3n) is 4.05. The second-order valence-electron chi connectivity index (χ2n) is 7.17. The van der Waals surface area contributed by atoms with E-state index in [4.69, 9.17) is 10.5 Å². The number of carbonyl (C=O) groups is 1. The molecule has 1 amide bonds. The van der Waals surface area contributed by atoms with Gasteiger partial charge in [-0.05, 0) is 33.6 Å². The fourth-order valence-electron chi connectivity index (χ4n) is 2.96. The fraction of sp³-hybridized carbons (Fsp3) is 0.562. The van der Waals surface area contributed by atoms with E-state index in [0.29, 0.717) is 37.3 Å². The van der Waals surface area contributed by atoms with Gasteiger partial charge in [0.1, 0.15) is 17.4 Å². The summed E-state index contributed by atoms with van der Waals surface area (Å²) in [5.74, 6) is 0.229. The molecule has 0 saturated carbocycles. The molecule has 25 heavy (non-hydrogen) atoms. The number of nitrogens with one attached hydrogen (secondary N) is 1. The highest BCUT2D eigenvalue weighted by molar-refractivity contribution is 5.70. The van der Waals surface area contributed by atoms with Crippen molar-refractivity contribution in [3.8, 4) is 0 Å². The Morgan fingerprint density at radius 1 is 1.40 bits per heavy atom. The van der Waals surface area contributed by atoms with Crippen LogP contribution in [0.1, 0.15) is 33.6 Å². The van der Waals surface area contributed by atoms with E-state index in [9.17, 15) is 9.18 Å². The number of hydrogen-bond donors (Lipinski definition) is 2. The van der Waals surface area contributed by atoms with E-state index in [1.807, 2.05) is 25.7 Å². The Morgan fingerprint density at radius 3 is 2.72 bits per heavy atom. The van der Waals surface area contributed by atoms with Crippen molar-refractivity contribution in [1.29, 1.82) is 0 Å². The van der Waals surface area contributed by atoms with Crippen LogP contribution in [0, 0.1) is 5.82 Å². The predicted octanol–water partition coefficient (Wildman–Crippen LogP) is 1.94. The van der Waals surface area contributed by atoms with Gasteiger partial charge in [-0.2, -0.15) is 5.10 Å². The molecular weight excluding hydrogens is 327 g/mol. The maximum absolute atomic E-state index is 14.4. The van der Waals surface area contributed by atoms with Crippen molar-refractivity contribution in [2.75, 3.05) is 23.7 Å². The molecule has 0 aliphatic carbocycles. The Hall–Kier alpha value is -2.58.